The van der Waals surface area contributed by atoms with Crippen molar-refractivity contribution in [1.82, 2.24) is 9.21 Å². The Morgan fingerprint density at radius 1 is 1.23 bits per heavy atom. The third-order valence-electron chi connectivity index (χ3n) is 5.11. The van der Waals surface area contributed by atoms with Gasteiger partial charge in [-0.15, -0.1) is 0 Å². The Morgan fingerprint density at radius 2 is 1.88 bits per heavy atom. The zero-order chi connectivity index (χ0) is 18.9. The van der Waals surface area contributed by atoms with Crippen LogP contribution in [0.1, 0.15) is 33.1 Å². The molecule has 1 saturated heterocycles. The van der Waals surface area contributed by atoms with Gasteiger partial charge in [-0.25, -0.2) is 13.2 Å². The minimum Gasteiger partial charge on any atom is -0.324 e. The van der Waals surface area contributed by atoms with Crippen molar-refractivity contribution in [3.05, 3.63) is 23.2 Å². The number of benzene rings is 1. The maximum Gasteiger partial charge on any atom is 0.321 e. The topological polar surface area (TPSA) is 69.7 Å². The highest BCUT2D eigenvalue weighted by molar-refractivity contribution is 7.89. The molecule has 1 heterocycles. The molecule has 0 bridgehead atoms. The molecule has 1 aliphatic heterocycles. The Bertz CT molecular complexity index is 770. The highest BCUT2D eigenvalue weighted by Gasteiger charge is 2.35. The molecule has 1 aromatic carbocycles. The van der Waals surface area contributed by atoms with Crippen LogP contribution in [0, 0.1) is 11.8 Å². The summed E-state index contributed by atoms with van der Waals surface area (Å²) in [4.78, 5) is 14.1. The van der Waals surface area contributed by atoms with Crippen molar-refractivity contribution in [2.45, 2.75) is 38.0 Å². The first-order chi connectivity index (χ1) is 12.3. The van der Waals surface area contributed by atoms with Crippen molar-refractivity contribution in [3.63, 3.8) is 0 Å². The van der Waals surface area contributed by atoms with E-state index in [1.54, 1.807) is 24.8 Å². The summed E-state index contributed by atoms with van der Waals surface area (Å²) in [5.41, 5.74) is 0.441. The van der Waals surface area contributed by atoms with Gasteiger partial charge in [-0.2, -0.15) is 4.31 Å². The molecule has 0 spiro atoms. The molecule has 0 aromatic heterocycles. The summed E-state index contributed by atoms with van der Waals surface area (Å²) < 4.78 is 26.8. The number of carbonyl (C=O) groups is 1. The van der Waals surface area contributed by atoms with Crippen molar-refractivity contribution >= 4 is 33.3 Å². The zero-order valence-corrected chi connectivity index (χ0v) is 16.8. The van der Waals surface area contributed by atoms with E-state index in [0.717, 1.165) is 19.0 Å². The van der Waals surface area contributed by atoms with Gasteiger partial charge in [0.25, 0.3) is 0 Å². The number of nitrogens with one attached hydrogen (secondary N) is 1. The van der Waals surface area contributed by atoms with Crippen LogP contribution in [0.3, 0.4) is 0 Å². The molecule has 2 aliphatic rings. The van der Waals surface area contributed by atoms with Gasteiger partial charge in [0.05, 0.1) is 5.02 Å². The Hall–Kier alpha value is -1.31. The molecule has 26 heavy (non-hydrogen) atoms. The number of sulfonamides is 1. The second-order valence-electron chi connectivity index (χ2n) is 7.11. The van der Waals surface area contributed by atoms with Gasteiger partial charge in [0.2, 0.25) is 10.0 Å². The standard InChI is InChI=1S/C18H26ClN3O3S/c1-3-22(4-2)26(24,25)17-10-15(7-8-16(17)19)20-18(23)21-11-14(12-21)9-13-5-6-13/h7-8,10,13-14H,3-6,9,11-12H2,1-2H3,(H,20,23). The van der Waals surface area contributed by atoms with Gasteiger partial charge < -0.3 is 10.2 Å². The lowest BCUT2D eigenvalue weighted by atomic mass is 9.94. The number of likely N-dealkylation sites (tertiary alicyclic amines) is 1. The lowest BCUT2D eigenvalue weighted by Gasteiger charge is -2.39. The normalized spacial score (nSPS) is 18.1. The SMILES string of the molecule is CCN(CC)S(=O)(=O)c1cc(NC(=O)N2CC(CC3CC3)C2)ccc1Cl. The van der Waals surface area contributed by atoms with Gasteiger partial charge in [0, 0.05) is 31.9 Å². The molecule has 1 aliphatic carbocycles. The van der Waals surface area contributed by atoms with Crippen LogP contribution in [-0.4, -0.2) is 49.8 Å². The van der Waals surface area contributed by atoms with E-state index in [4.69, 9.17) is 11.6 Å². The van der Waals surface area contributed by atoms with Crippen LogP contribution >= 0.6 is 11.6 Å². The highest BCUT2D eigenvalue weighted by atomic mass is 35.5. The van der Waals surface area contributed by atoms with E-state index in [9.17, 15) is 13.2 Å². The molecule has 0 atom stereocenters. The van der Waals surface area contributed by atoms with E-state index in [1.165, 1.54) is 35.7 Å². The smallest absolute Gasteiger partial charge is 0.321 e. The minimum absolute atomic E-state index is 0.0240. The Morgan fingerprint density at radius 3 is 2.46 bits per heavy atom. The molecule has 144 valence electrons. The quantitative estimate of drug-likeness (QED) is 0.761. The van der Waals surface area contributed by atoms with Crippen molar-refractivity contribution in [3.8, 4) is 0 Å². The third-order valence-corrected chi connectivity index (χ3v) is 7.65. The molecular weight excluding hydrogens is 374 g/mol. The van der Waals surface area contributed by atoms with Crippen molar-refractivity contribution in [1.29, 1.82) is 0 Å². The molecule has 8 heteroatoms. The van der Waals surface area contributed by atoms with E-state index in [0.29, 0.717) is 24.7 Å². The van der Waals surface area contributed by atoms with Crippen LogP contribution in [0.25, 0.3) is 0 Å². The fourth-order valence-corrected chi connectivity index (χ4v) is 5.35. The van der Waals surface area contributed by atoms with E-state index >= 15 is 0 Å². The lowest BCUT2D eigenvalue weighted by molar-refractivity contribution is 0.122. The summed E-state index contributed by atoms with van der Waals surface area (Å²) in [6, 6.07) is 4.39. The molecular formula is C18H26ClN3O3S. The van der Waals surface area contributed by atoms with E-state index in [2.05, 4.69) is 5.32 Å². The zero-order valence-electron chi connectivity index (χ0n) is 15.2. The highest BCUT2D eigenvalue weighted by Crippen LogP contribution is 2.38. The first-order valence-electron chi connectivity index (χ1n) is 9.20. The van der Waals surface area contributed by atoms with E-state index in [1.807, 2.05) is 0 Å². The number of amides is 2. The summed E-state index contributed by atoms with van der Waals surface area (Å²) in [6.07, 6.45) is 3.88. The van der Waals surface area contributed by atoms with Gasteiger partial charge >= 0.3 is 6.03 Å². The van der Waals surface area contributed by atoms with E-state index in [-0.39, 0.29) is 15.9 Å². The second kappa shape index (κ2) is 7.74. The average molecular weight is 400 g/mol. The van der Waals surface area contributed by atoms with Crippen molar-refractivity contribution in [2.24, 2.45) is 11.8 Å². The summed E-state index contributed by atoms with van der Waals surface area (Å²) in [5, 5.41) is 2.95. The number of anilines is 1. The summed E-state index contributed by atoms with van der Waals surface area (Å²) in [7, 11) is -3.68. The number of halogens is 1. The summed E-state index contributed by atoms with van der Waals surface area (Å²) in [5.74, 6) is 1.48. The molecule has 2 fully saturated rings. The third kappa shape index (κ3) is 4.15. The summed E-state index contributed by atoms with van der Waals surface area (Å²) in [6.45, 7) is 5.84. The predicted molar refractivity (Wildman–Crippen MR) is 103 cm³/mol. The van der Waals surface area contributed by atoms with Gasteiger partial charge in [0.15, 0.2) is 0 Å². The fourth-order valence-electron chi connectivity index (χ4n) is 3.39. The second-order valence-corrected chi connectivity index (χ2v) is 9.43. The lowest BCUT2D eigenvalue weighted by Crippen LogP contribution is -2.51. The van der Waals surface area contributed by atoms with Crippen LogP contribution in [0.4, 0.5) is 10.5 Å². The molecule has 0 unspecified atom stereocenters. The maximum atomic E-state index is 12.7. The monoisotopic (exact) mass is 399 g/mol. The number of rotatable bonds is 7. The number of urea groups is 1. The number of hydrogen-bond acceptors (Lipinski definition) is 3. The van der Waals surface area contributed by atoms with Gasteiger partial charge in [-0.3, -0.25) is 0 Å². The first kappa shape index (κ1) is 19.5. The van der Waals surface area contributed by atoms with Crippen molar-refractivity contribution in [2.75, 3.05) is 31.5 Å². The fraction of sp³-hybridized carbons (Fsp3) is 0.611. The minimum atomic E-state index is -3.68. The molecule has 2 amide bonds. The maximum absolute atomic E-state index is 12.7. The molecule has 1 saturated carbocycles. The Kier molecular flexibility index (Phi) is 5.79. The van der Waals surface area contributed by atoms with Crippen LogP contribution in [0.15, 0.2) is 23.1 Å². The van der Waals surface area contributed by atoms with Crippen LogP contribution in [0.2, 0.25) is 5.02 Å². The molecule has 0 radical (unpaired) electrons. The van der Waals surface area contributed by atoms with Crippen LogP contribution in [0.5, 0.6) is 0 Å². The molecule has 1 aromatic rings. The number of carbonyl (C=O) groups excluding carboxylic acids is 1. The molecule has 1 N–H and O–H groups in total. The predicted octanol–water partition coefficient (Wildman–Crippen LogP) is 3.63. The summed E-state index contributed by atoms with van der Waals surface area (Å²) >= 11 is 6.12. The van der Waals surface area contributed by atoms with Gasteiger partial charge in [0.1, 0.15) is 4.90 Å². The Labute approximate surface area is 160 Å². The van der Waals surface area contributed by atoms with Crippen LogP contribution in [-0.2, 0) is 10.0 Å². The molecule has 6 nitrogen and oxygen atoms in total. The van der Waals surface area contributed by atoms with Gasteiger partial charge in [-0.05, 0) is 36.5 Å². The average Bonchev–Trinajstić information content (AvgIpc) is 3.37. The van der Waals surface area contributed by atoms with Crippen LogP contribution < -0.4 is 5.32 Å². The Balaban J connectivity index is 1.66. The number of nitrogens with zero attached hydrogens (tertiary/aromatic N) is 2. The van der Waals surface area contributed by atoms with Crippen molar-refractivity contribution < 1.29 is 13.2 Å². The van der Waals surface area contributed by atoms with E-state index < -0.39 is 10.0 Å². The largest absolute Gasteiger partial charge is 0.324 e. The molecule has 3 rings (SSSR count). The number of hydrogen-bond donors (Lipinski definition) is 1. The first-order valence-corrected chi connectivity index (χ1v) is 11.0. The van der Waals surface area contributed by atoms with Gasteiger partial charge in [-0.1, -0.05) is 38.3 Å².